The van der Waals surface area contributed by atoms with Crippen molar-refractivity contribution >= 4 is 27.3 Å². The van der Waals surface area contributed by atoms with Crippen LogP contribution in [0.25, 0.3) is 10.2 Å². The summed E-state index contributed by atoms with van der Waals surface area (Å²) >= 11 is 1.51. The zero-order chi connectivity index (χ0) is 16.6. The highest BCUT2D eigenvalue weighted by molar-refractivity contribution is 7.18. The minimum Gasteiger partial charge on any atom is -0.292 e. The molecule has 0 aliphatic carbocycles. The van der Waals surface area contributed by atoms with Crippen LogP contribution in [0.1, 0.15) is 33.3 Å². The molecule has 3 rings (SSSR count). The van der Waals surface area contributed by atoms with Crippen LogP contribution >= 0.6 is 11.3 Å². The largest absolute Gasteiger partial charge is 0.292 e. The Bertz CT molecular complexity index is 936. The molecule has 23 heavy (non-hydrogen) atoms. The van der Waals surface area contributed by atoms with E-state index in [0.717, 1.165) is 21.7 Å². The first-order valence-electron chi connectivity index (χ1n) is 7.58. The minimum atomic E-state index is -0.143. The smallest absolute Gasteiger partial charge is 0.262 e. The standard InChI is InChI=1S/C18H18N2O2S/c1-4-13-5-7-14(8-6-13)15(21)9-20-10-19-17-16(18(20)22)11(2)12(3)23-17/h5-8,10H,4,9H2,1-3H3. The highest BCUT2D eigenvalue weighted by atomic mass is 32.1. The molecule has 1 aromatic carbocycles. The number of nitrogens with zero attached hydrogens (tertiary/aromatic N) is 2. The van der Waals surface area contributed by atoms with E-state index >= 15 is 0 Å². The molecule has 0 unspecified atom stereocenters. The van der Waals surface area contributed by atoms with E-state index in [1.807, 2.05) is 38.1 Å². The van der Waals surface area contributed by atoms with Gasteiger partial charge in [0.15, 0.2) is 5.78 Å². The molecule has 0 atom stereocenters. The number of carbonyl (C=O) groups excluding carboxylic acids is 1. The van der Waals surface area contributed by atoms with Crippen molar-refractivity contribution in [3.05, 3.63) is 62.5 Å². The Morgan fingerprint density at radius 1 is 1.22 bits per heavy atom. The van der Waals surface area contributed by atoms with Crippen LogP contribution in [0, 0.1) is 13.8 Å². The van der Waals surface area contributed by atoms with E-state index in [1.54, 1.807) is 0 Å². The first kappa shape index (κ1) is 15.6. The molecule has 0 spiro atoms. The molecule has 2 heterocycles. The van der Waals surface area contributed by atoms with Gasteiger partial charge in [-0.05, 0) is 31.4 Å². The van der Waals surface area contributed by atoms with Crippen molar-refractivity contribution in [2.24, 2.45) is 0 Å². The monoisotopic (exact) mass is 326 g/mol. The van der Waals surface area contributed by atoms with Crippen molar-refractivity contribution in [2.75, 3.05) is 0 Å². The lowest BCUT2D eigenvalue weighted by molar-refractivity contribution is 0.0970. The van der Waals surface area contributed by atoms with Gasteiger partial charge in [-0.15, -0.1) is 11.3 Å². The van der Waals surface area contributed by atoms with E-state index in [4.69, 9.17) is 0 Å². The summed E-state index contributed by atoms with van der Waals surface area (Å²) in [4.78, 5) is 31.2. The summed E-state index contributed by atoms with van der Waals surface area (Å²) in [5, 5.41) is 0.629. The first-order valence-corrected chi connectivity index (χ1v) is 8.40. The fraction of sp³-hybridized carbons (Fsp3) is 0.278. The van der Waals surface area contributed by atoms with E-state index < -0.39 is 0 Å². The number of benzene rings is 1. The summed E-state index contributed by atoms with van der Waals surface area (Å²) < 4.78 is 1.40. The number of Topliss-reactive ketones (excluding diaryl/α,β-unsaturated/α-hetero) is 1. The molecular formula is C18H18N2O2S. The Morgan fingerprint density at radius 2 is 1.91 bits per heavy atom. The lowest BCUT2D eigenvalue weighted by Crippen LogP contribution is -2.24. The molecular weight excluding hydrogens is 308 g/mol. The van der Waals surface area contributed by atoms with Crippen LogP contribution in [0.15, 0.2) is 35.4 Å². The zero-order valence-corrected chi connectivity index (χ0v) is 14.2. The topological polar surface area (TPSA) is 52.0 Å². The highest BCUT2D eigenvalue weighted by Gasteiger charge is 2.14. The van der Waals surface area contributed by atoms with Crippen molar-refractivity contribution in [1.29, 1.82) is 0 Å². The number of ketones is 1. The quantitative estimate of drug-likeness (QED) is 0.689. The van der Waals surface area contributed by atoms with Crippen molar-refractivity contribution in [3.63, 3.8) is 0 Å². The van der Waals surface area contributed by atoms with Gasteiger partial charge in [0.05, 0.1) is 18.3 Å². The Labute approximate surface area is 138 Å². The number of rotatable bonds is 4. The third-order valence-corrected chi connectivity index (χ3v) is 5.27. The normalized spacial score (nSPS) is 11.1. The third-order valence-electron chi connectivity index (χ3n) is 4.15. The Kier molecular flexibility index (Phi) is 4.13. The van der Waals surface area contributed by atoms with Gasteiger partial charge in [0.25, 0.3) is 5.56 Å². The summed E-state index contributed by atoms with van der Waals surface area (Å²) in [5.41, 5.74) is 2.62. The Morgan fingerprint density at radius 3 is 2.57 bits per heavy atom. The summed E-state index contributed by atoms with van der Waals surface area (Å²) in [6, 6.07) is 7.53. The fourth-order valence-electron chi connectivity index (χ4n) is 2.55. The van der Waals surface area contributed by atoms with Crippen molar-refractivity contribution in [2.45, 2.75) is 33.7 Å². The molecule has 0 fully saturated rings. The molecule has 0 aliphatic rings. The van der Waals surface area contributed by atoms with Gasteiger partial charge in [-0.1, -0.05) is 31.2 Å². The predicted molar refractivity (Wildman–Crippen MR) is 93.5 cm³/mol. The van der Waals surface area contributed by atoms with Gasteiger partial charge in [-0.2, -0.15) is 0 Å². The van der Waals surface area contributed by atoms with Crippen LogP contribution in [0.2, 0.25) is 0 Å². The number of aromatic nitrogens is 2. The van der Waals surface area contributed by atoms with E-state index in [2.05, 4.69) is 11.9 Å². The molecule has 118 valence electrons. The van der Waals surface area contributed by atoms with E-state index in [-0.39, 0.29) is 17.9 Å². The van der Waals surface area contributed by atoms with E-state index in [1.165, 1.54) is 27.8 Å². The van der Waals surface area contributed by atoms with Crippen LogP contribution in [0.4, 0.5) is 0 Å². The third kappa shape index (κ3) is 2.84. The molecule has 0 aliphatic heterocycles. The number of hydrogen-bond acceptors (Lipinski definition) is 4. The maximum Gasteiger partial charge on any atom is 0.262 e. The number of carbonyl (C=O) groups is 1. The summed E-state index contributed by atoms with van der Waals surface area (Å²) in [6.07, 6.45) is 2.41. The molecule has 3 aromatic rings. The van der Waals surface area contributed by atoms with Gasteiger partial charge in [0.1, 0.15) is 4.83 Å². The summed E-state index contributed by atoms with van der Waals surface area (Å²) in [6.45, 7) is 5.99. The van der Waals surface area contributed by atoms with Gasteiger partial charge < -0.3 is 0 Å². The lowest BCUT2D eigenvalue weighted by Gasteiger charge is -2.06. The average molecular weight is 326 g/mol. The second kappa shape index (κ2) is 6.08. The number of aryl methyl sites for hydroxylation is 3. The summed E-state index contributed by atoms with van der Waals surface area (Å²) in [5.74, 6) is -0.0829. The van der Waals surface area contributed by atoms with Gasteiger partial charge in [-0.3, -0.25) is 14.2 Å². The van der Waals surface area contributed by atoms with Crippen LogP contribution in [0.5, 0.6) is 0 Å². The SMILES string of the molecule is CCc1ccc(C(=O)Cn2cnc3sc(C)c(C)c3c2=O)cc1. The van der Waals surface area contributed by atoms with Gasteiger partial charge >= 0.3 is 0 Å². The van der Waals surface area contributed by atoms with Crippen LogP contribution in [-0.2, 0) is 13.0 Å². The zero-order valence-electron chi connectivity index (χ0n) is 13.4. The lowest BCUT2D eigenvalue weighted by atomic mass is 10.1. The molecule has 2 aromatic heterocycles. The highest BCUT2D eigenvalue weighted by Crippen LogP contribution is 2.25. The molecule has 4 nitrogen and oxygen atoms in total. The van der Waals surface area contributed by atoms with E-state index in [0.29, 0.717) is 10.9 Å². The fourth-order valence-corrected chi connectivity index (χ4v) is 3.54. The maximum atomic E-state index is 12.6. The maximum absolute atomic E-state index is 12.6. The van der Waals surface area contributed by atoms with Crippen LogP contribution in [-0.4, -0.2) is 15.3 Å². The predicted octanol–water partition coefficient (Wildman–Crippen LogP) is 3.52. The molecule has 0 N–H and O–H groups in total. The van der Waals surface area contributed by atoms with Crippen LogP contribution < -0.4 is 5.56 Å². The Hall–Kier alpha value is -2.27. The number of thiophene rings is 1. The van der Waals surface area contributed by atoms with Gasteiger partial charge in [0.2, 0.25) is 0 Å². The second-order valence-electron chi connectivity index (χ2n) is 5.61. The molecule has 0 radical (unpaired) electrons. The first-order chi connectivity index (χ1) is 11.0. The molecule has 0 bridgehead atoms. The average Bonchev–Trinajstić information content (AvgIpc) is 2.85. The molecule has 0 saturated heterocycles. The van der Waals surface area contributed by atoms with Gasteiger partial charge in [-0.25, -0.2) is 4.98 Å². The van der Waals surface area contributed by atoms with E-state index in [9.17, 15) is 9.59 Å². The summed E-state index contributed by atoms with van der Waals surface area (Å²) in [7, 11) is 0. The number of hydrogen-bond donors (Lipinski definition) is 0. The molecule has 0 saturated carbocycles. The Balaban J connectivity index is 1.94. The van der Waals surface area contributed by atoms with Crippen molar-refractivity contribution in [1.82, 2.24) is 9.55 Å². The van der Waals surface area contributed by atoms with Gasteiger partial charge in [0, 0.05) is 10.4 Å². The molecule has 5 heteroatoms. The van der Waals surface area contributed by atoms with Crippen molar-refractivity contribution in [3.8, 4) is 0 Å². The minimum absolute atomic E-state index is 0.0155. The number of fused-ring (bicyclic) bond motifs is 1. The van der Waals surface area contributed by atoms with Crippen LogP contribution in [0.3, 0.4) is 0 Å². The molecule has 0 amide bonds. The van der Waals surface area contributed by atoms with Crippen molar-refractivity contribution < 1.29 is 4.79 Å². The second-order valence-corrected chi connectivity index (χ2v) is 6.82.